The predicted molar refractivity (Wildman–Crippen MR) is 217 cm³/mol. The topological polar surface area (TPSA) is 6.48 Å². The Bertz CT molecular complexity index is 526. The van der Waals surface area contributed by atoms with E-state index in [9.17, 15) is 0 Å². The third-order valence-corrected chi connectivity index (χ3v) is 11.0. The highest BCUT2D eigenvalue weighted by molar-refractivity contribution is 4.73. The van der Waals surface area contributed by atoms with Gasteiger partial charge < -0.3 is 9.80 Å². The van der Waals surface area contributed by atoms with Gasteiger partial charge in [0.15, 0.2) is 0 Å². The van der Waals surface area contributed by atoms with Gasteiger partial charge in [-0.3, -0.25) is 0 Å². The van der Waals surface area contributed by atoms with E-state index in [1.807, 2.05) is 0 Å². The fourth-order valence-corrected chi connectivity index (χ4v) is 7.79. The van der Waals surface area contributed by atoms with Crippen molar-refractivity contribution in [2.45, 2.75) is 240 Å². The van der Waals surface area contributed by atoms with Crippen molar-refractivity contribution >= 4 is 0 Å². The maximum Gasteiger partial charge on any atom is 0.000977 e. The van der Waals surface area contributed by atoms with Gasteiger partial charge in [0.25, 0.3) is 0 Å². The molecular formula is C45H94N2. The first-order chi connectivity index (χ1) is 23.1. The second-order valence-corrected chi connectivity index (χ2v) is 16.3. The Labute approximate surface area is 300 Å². The van der Waals surface area contributed by atoms with E-state index < -0.39 is 0 Å². The lowest BCUT2D eigenvalue weighted by Gasteiger charge is -2.31. The van der Waals surface area contributed by atoms with Gasteiger partial charge in [0.05, 0.1) is 0 Å². The molecule has 2 atom stereocenters. The molecule has 0 aromatic rings. The Morgan fingerprint density at radius 1 is 0.298 bits per heavy atom. The lowest BCUT2D eigenvalue weighted by atomic mass is 9.91. The van der Waals surface area contributed by atoms with Crippen LogP contribution in [0.1, 0.15) is 240 Å². The summed E-state index contributed by atoms with van der Waals surface area (Å²) >= 11 is 0. The van der Waals surface area contributed by atoms with E-state index in [-0.39, 0.29) is 0 Å². The van der Waals surface area contributed by atoms with Crippen LogP contribution in [0.5, 0.6) is 0 Å². The SMILES string of the molecule is CCCCCCCCC(CCCCCC)CN(CCCCCCCCCCCN(C)C)CC(CCCCCC)CCCCCCCC. The van der Waals surface area contributed by atoms with Gasteiger partial charge in [-0.1, -0.05) is 201 Å². The molecule has 0 aromatic heterocycles. The van der Waals surface area contributed by atoms with Crippen LogP contribution in [0.3, 0.4) is 0 Å². The summed E-state index contributed by atoms with van der Waals surface area (Å²) < 4.78 is 0. The van der Waals surface area contributed by atoms with Crippen LogP contribution in [-0.4, -0.2) is 50.1 Å². The zero-order valence-electron chi connectivity index (χ0n) is 34.2. The van der Waals surface area contributed by atoms with E-state index in [1.54, 1.807) is 0 Å². The van der Waals surface area contributed by atoms with Crippen LogP contribution in [0.4, 0.5) is 0 Å². The zero-order valence-corrected chi connectivity index (χ0v) is 34.2. The van der Waals surface area contributed by atoms with E-state index in [1.165, 1.54) is 238 Å². The highest BCUT2D eigenvalue weighted by Crippen LogP contribution is 2.25. The number of rotatable bonds is 40. The largest absolute Gasteiger partial charge is 0.309 e. The van der Waals surface area contributed by atoms with Crippen LogP contribution in [0.2, 0.25) is 0 Å². The van der Waals surface area contributed by atoms with Crippen LogP contribution >= 0.6 is 0 Å². The van der Waals surface area contributed by atoms with Crippen molar-refractivity contribution in [3.8, 4) is 0 Å². The number of hydrogen-bond acceptors (Lipinski definition) is 2. The minimum absolute atomic E-state index is 0.931. The molecule has 0 aliphatic heterocycles. The average Bonchev–Trinajstić information content (AvgIpc) is 3.06. The second kappa shape index (κ2) is 38.7. The molecule has 0 radical (unpaired) electrons. The van der Waals surface area contributed by atoms with Crippen molar-refractivity contribution in [3.63, 3.8) is 0 Å². The van der Waals surface area contributed by atoms with Gasteiger partial charge in [-0.15, -0.1) is 0 Å². The lowest BCUT2D eigenvalue weighted by Crippen LogP contribution is -2.35. The van der Waals surface area contributed by atoms with Crippen LogP contribution in [-0.2, 0) is 0 Å². The fraction of sp³-hybridized carbons (Fsp3) is 1.00. The summed E-state index contributed by atoms with van der Waals surface area (Å²) in [5, 5.41) is 0. The van der Waals surface area contributed by atoms with E-state index >= 15 is 0 Å². The Morgan fingerprint density at radius 3 is 0.872 bits per heavy atom. The third-order valence-electron chi connectivity index (χ3n) is 11.0. The molecule has 0 fully saturated rings. The quantitative estimate of drug-likeness (QED) is 0.0602. The maximum absolute atomic E-state index is 3.04. The first-order valence-corrected chi connectivity index (χ1v) is 22.4. The summed E-state index contributed by atoms with van der Waals surface area (Å²) in [6.07, 6.45) is 47.7. The van der Waals surface area contributed by atoms with Crippen molar-refractivity contribution in [2.75, 3.05) is 40.3 Å². The minimum atomic E-state index is 0.931. The Balaban J connectivity index is 5.12. The minimum Gasteiger partial charge on any atom is -0.309 e. The van der Waals surface area contributed by atoms with Gasteiger partial charge in [0.2, 0.25) is 0 Å². The molecule has 0 aromatic carbocycles. The number of nitrogens with zero attached hydrogens (tertiary/aromatic N) is 2. The molecule has 0 bridgehead atoms. The van der Waals surface area contributed by atoms with Gasteiger partial charge in [-0.05, 0) is 77.5 Å². The molecule has 0 saturated heterocycles. The Hall–Kier alpha value is -0.0800. The highest BCUT2D eigenvalue weighted by Gasteiger charge is 2.19. The molecule has 0 aliphatic carbocycles. The number of hydrogen-bond donors (Lipinski definition) is 0. The molecule has 2 unspecified atom stereocenters. The monoisotopic (exact) mass is 663 g/mol. The fourth-order valence-electron chi connectivity index (χ4n) is 7.79. The molecule has 47 heavy (non-hydrogen) atoms. The third kappa shape index (κ3) is 35.5. The van der Waals surface area contributed by atoms with Crippen molar-refractivity contribution in [1.29, 1.82) is 0 Å². The van der Waals surface area contributed by atoms with Gasteiger partial charge >= 0.3 is 0 Å². The molecule has 0 saturated carbocycles. The molecule has 0 heterocycles. The second-order valence-electron chi connectivity index (χ2n) is 16.3. The summed E-state index contributed by atoms with van der Waals surface area (Å²) in [5.41, 5.74) is 0. The van der Waals surface area contributed by atoms with Crippen molar-refractivity contribution in [3.05, 3.63) is 0 Å². The van der Waals surface area contributed by atoms with Gasteiger partial charge in [0, 0.05) is 13.1 Å². The first-order valence-electron chi connectivity index (χ1n) is 22.4. The van der Waals surface area contributed by atoms with Crippen LogP contribution in [0, 0.1) is 11.8 Å². The van der Waals surface area contributed by atoms with Crippen molar-refractivity contribution < 1.29 is 0 Å². The van der Waals surface area contributed by atoms with Gasteiger partial charge in [0.1, 0.15) is 0 Å². The smallest absolute Gasteiger partial charge is 0.000977 e. The summed E-state index contributed by atoms with van der Waals surface area (Å²) in [7, 11) is 4.40. The van der Waals surface area contributed by atoms with Crippen LogP contribution in [0.25, 0.3) is 0 Å². The average molecular weight is 663 g/mol. The first kappa shape index (κ1) is 46.9. The zero-order chi connectivity index (χ0) is 34.5. The van der Waals surface area contributed by atoms with Crippen molar-refractivity contribution in [2.24, 2.45) is 11.8 Å². The summed E-state index contributed by atoms with van der Waals surface area (Å²) in [4.78, 5) is 5.36. The summed E-state index contributed by atoms with van der Waals surface area (Å²) in [6, 6.07) is 0. The van der Waals surface area contributed by atoms with E-state index in [4.69, 9.17) is 0 Å². The van der Waals surface area contributed by atoms with Crippen LogP contribution in [0.15, 0.2) is 0 Å². The lowest BCUT2D eigenvalue weighted by molar-refractivity contribution is 0.170. The maximum atomic E-state index is 3.04. The molecule has 0 rings (SSSR count). The van der Waals surface area contributed by atoms with Gasteiger partial charge in [-0.2, -0.15) is 0 Å². The van der Waals surface area contributed by atoms with Crippen LogP contribution < -0.4 is 0 Å². The number of unbranched alkanes of at least 4 members (excludes halogenated alkanes) is 24. The standard InChI is InChI=1S/C45H94N2/c1-7-11-15-19-26-32-38-44(36-30-17-13-9-3)42-47(41-35-29-25-23-21-22-24-28-34-40-46(5)6)43-45(37-31-18-14-10-4)39-33-27-20-16-12-8-2/h44-45H,7-43H2,1-6H3. The van der Waals surface area contributed by atoms with E-state index in [0.29, 0.717) is 0 Å². The molecule has 2 heteroatoms. The molecule has 284 valence electrons. The normalized spacial score (nSPS) is 13.3. The summed E-state index contributed by atoms with van der Waals surface area (Å²) in [6.45, 7) is 14.9. The highest BCUT2D eigenvalue weighted by atomic mass is 15.1. The molecule has 2 nitrogen and oxygen atoms in total. The van der Waals surface area contributed by atoms with E-state index in [2.05, 4.69) is 51.6 Å². The van der Waals surface area contributed by atoms with Gasteiger partial charge in [-0.25, -0.2) is 0 Å². The molecular weight excluding hydrogens is 569 g/mol. The molecule has 0 aliphatic rings. The predicted octanol–water partition coefficient (Wildman–Crippen LogP) is 15.0. The Morgan fingerprint density at radius 2 is 0.553 bits per heavy atom. The Kier molecular flexibility index (Phi) is 38.7. The molecule has 0 amide bonds. The summed E-state index contributed by atoms with van der Waals surface area (Å²) in [5.74, 6) is 1.86. The molecule has 0 N–H and O–H groups in total. The van der Waals surface area contributed by atoms with E-state index in [0.717, 1.165) is 11.8 Å². The van der Waals surface area contributed by atoms with Crippen molar-refractivity contribution in [1.82, 2.24) is 9.80 Å². The molecule has 0 spiro atoms.